The van der Waals surface area contributed by atoms with Crippen LogP contribution in [0, 0.1) is 0 Å². The predicted octanol–water partition coefficient (Wildman–Crippen LogP) is 0.606. The van der Waals surface area contributed by atoms with Crippen LogP contribution in [0.5, 0.6) is 0 Å². The van der Waals surface area contributed by atoms with Crippen molar-refractivity contribution >= 4 is 25.4 Å². The second-order valence-electron chi connectivity index (χ2n) is 5.82. The molecule has 26 heavy (non-hydrogen) atoms. The number of alkyl halides is 3. The lowest BCUT2D eigenvalue weighted by Gasteiger charge is -2.29. The fourth-order valence-electron chi connectivity index (χ4n) is 2.17. The number of anilines is 1. The largest absolute Gasteiger partial charge is 0.394 e. The standard InChI is InChI=1S/C14H20F3NO6S2/c1-25(21,22)11-3-4-12(13(7-11)26(2,23)24)18(8-10(20)9-19)6-5-14(15,16)17/h3-4,7,10,19-20H,5-6,8-9H2,1-2H3/t10-/m0/s1. The molecule has 0 fully saturated rings. The lowest BCUT2D eigenvalue weighted by molar-refractivity contribution is -0.132. The summed E-state index contributed by atoms with van der Waals surface area (Å²) in [7, 11) is -7.73. The average molecular weight is 419 g/mol. The second-order valence-corrected chi connectivity index (χ2v) is 9.82. The van der Waals surface area contributed by atoms with Crippen LogP contribution in [0.3, 0.4) is 0 Å². The Labute approximate surface area is 149 Å². The molecule has 0 spiro atoms. The highest BCUT2D eigenvalue weighted by Gasteiger charge is 2.30. The molecule has 1 rings (SSSR count). The quantitative estimate of drug-likeness (QED) is 0.635. The lowest BCUT2D eigenvalue weighted by Crippen LogP contribution is -2.37. The van der Waals surface area contributed by atoms with Gasteiger partial charge in [0.1, 0.15) is 0 Å². The SMILES string of the molecule is CS(=O)(=O)c1ccc(N(CCC(F)(F)F)C[C@H](O)CO)c(S(C)(=O)=O)c1. The summed E-state index contributed by atoms with van der Waals surface area (Å²) in [6.07, 6.45) is -5.57. The summed E-state index contributed by atoms with van der Waals surface area (Å²) in [5.74, 6) is 0. The fraction of sp³-hybridized carbons (Fsp3) is 0.571. The Morgan fingerprint density at radius 3 is 2.12 bits per heavy atom. The molecule has 7 nitrogen and oxygen atoms in total. The smallest absolute Gasteiger partial charge is 0.390 e. The Bertz CT molecular complexity index is 837. The van der Waals surface area contributed by atoms with Gasteiger partial charge in [-0.1, -0.05) is 0 Å². The molecule has 0 amide bonds. The van der Waals surface area contributed by atoms with E-state index in [1.807, 2.05) is 0 Å². The zero-order chi connectivity index (χ0) is 20.3. The van der Waals surface area contributed by atoms with Crippen molar-refractivity contribution in [2.45, 2.75) is 28.5 Å². The van der Waals surface area contributed by atoms with Crippen LogP contribution in [0.15, 0.2) is 28.0 Å². The van der Waals surface area contributed by atoms with Crippen molar-refractivity contribution in [2.24, 2.45) is 0 Å². The molecular formula is C14H20F3NO6S2. The number of benzene rings is 1. The molecular weight excluding hydrogens is 399 g/mol. The Balaban J connectivity index is 3.47. The van der Waals surface area contributed by atoms with Crippen LogP contribution in [0.2, 0.25) is 0 Å². The van der Waals surface area contributed by atoms with Crippen LogP contribution in [-0.2, 0) is 19.7 Å². The normalized spacial score (nSPS) is 14.3. The Morgan fingerprint density at radius 1 is 1.12 bits per heavy atom. The van der Waals surface area contributed by atoms with Gasteiger partial charge in [0, 0.05) is 25.6 Å². The van der Waals surface area contributed by atoms with Crippen molar-refractivity contribution < 1.29 is 40.2 Å². The summed E-state index contributed by atoms with van der Waals surface area (Å²) in [5, 5.41) is 18.5. The maximum Gasteiger partial charge on any atom is 0.390 e. The first-order chi connectivity index (χ1) is 11.6. The topological polar surface area (TPSA) is 112 Å². The van der Waals surface area contributed by atoms with E-state index >= 15 is 0 Å². The van der Waals surface area contributed by atoms with E-state index in [-0.39, 0.29) is 10.6 Å². The minimum atomic E-state index is -4.53. The Hall–Kier alpha value is -1.37. The van der Waals surface area contributed by atoms with Gasteiger partial charge in [-0.05, 0) is 18.2 Å². The number of sulfone groups is 2. The number of nitrogens with zero attached hydrogens (tertiary/aromatic N) is 1. The molecule has 0 saturated carbocycles. The van der Waals surface area contributed by atoms with Crippen molar-refractivity contribution in [3.63, 3.8) is 0 Å². The zero-order valence-corrected chi connectivity index (χ0v) is 15.7. The van der Waals surface area contributed by atoms with E-state index < -0.39 is 63.0 Å². The highest BCUT2D eigenvalue weighted by molar-refractivity contribution is 7.91. The molecule has 0 unspecified atom stereocenters. The number of hydrogen-bond acceptors (Lipinski definition) is 7. The predicted molar refractivity (Wildman–Crippen MR) is 88.6 cm³/mol. The summed E-state index contributed by atoms with van der Waals surface area (Å²) in [6, 6.07) is 3.02. The van der Waals surface area contributed by atoms with Gasteiger partial charge in [0.25, 0.3) is 0 Å². The maximum absolute atomic E-state index is 12.6. The fourth-order valence-corrected chi connectivity index (χ4v) is 3.81. The van der Waals surface area contributed by atoms with Crippen molar-refractivity contribution in [2.75, 3.05) is 37.1 Å². The zero-order valence-electron chi connectivity index (χ0n) is 14.1. The van der Waals surface area contributed by atoms with E-state index in [1.54, 1.807) is 0 Å². The van der Waals surface area contributed by atoms with Gasteiger partial charge in [-0.2, -0.15) is 13.2 Å². The van der Waals surface area contributed by atoms with E-state index in [2.05, 4.69) is 0 Å². The first-order valence-corrected chi connectivity index (χ1v) is 11.1. The van der Waals surface area contributed by atoms with Gasteiger partial charge in [-0.25, -0.2) is 16.8 Å². The van der Waals surface area contributed by atoms with Crippen molar-refractivity contribution in [1.29, 1.82) is 0 Å². The summed E-state index contributed by atoms with van der Waals surface area (Å²) in [4.78, 5) is 0.171. The van der Waals surface area contributed by atoms with Gasteiger partial charge in [0.05, 0.1) is 34.6 Å². The van der Waals surface area contributed by atoms with E-state index in [0.717, 1.165) is 35.6 Å². The van der Waals surface area contributed by atoms with Gasteiger partial charge in [-0.15, -0.1) is 0 Å². The van der Waals surface area contributed by atoms with E-state index in [1.165, 1.54) is 0 Å². The monoisotopic (exact) mass is 419 g/mol. The van der Waals surface area contributed by atoms with Crippen molar-refractivity contribution in [3.8, 4) is 0 Å². The molecule has 150 valence electrons. The molecule has 0 aliphatic heterocycles. The third kappa shape index (κ3) is 6.74. The minimum Gasteiger partial charge on any atom is -0.394 e. The van der Waals surface area contributed by atoms with Crippen LogP contribution >= 0.6 is 0 Å². The van der Waals surface area contributed by atoms with Crippen LogP contribution in [0.1, 0.15) is 6.42 Å². The van der Waals surface area contributed by atoms with Gasteiger partial charge in [0.15, 0.2) is 19.7 Å². The number of halogens is 3. The first-order valence-electron chi connectivity index (χ1n) is 7.30. The number of aliphatic hydroxyl groups excluding tert-OH is 2. The molecule has 0 aliphatic carbocycles. The molecule has 0 aromatic heterocycles. The first kappa shape index (κ1) is 22.7. The molecule has 0 saturated heterocycles. The van der Waals surface area contributed by atoms with Crippen LogP contribution in [0.4, 0.5) is 18.9 Å². The third-order valence-corrected chi connectivity index (χ3v) is 5.64. The molecule has 0 bridgehead atoms. The van der Waals surface area contributed by atoms with E-state index in [4.69, 9.17) is 5.11 Å². The molecule has 2 N–H and O–H groups in total. The third-order valence-electron chi connectivity index (χ3n) is 3.41. The summed E-state index contributed by atoms with van der Waals surface area (Å²) in [6.45, 7) is -1.88. The summed E-state index contributed by atoms with van der Waals surface area (Å²) >= 11 is 0. The van der Waals surface area contributed by atoms with Crippen LogP contribution in [0.25, 0.3) is 0 Å². The van der Waals surface area contributed by atoms with E-state index in [0.29, 0.717) is 0 Å². The second kappa shape index (κ2) is 8.11. The van der Waals surface area contributed by atoms with Crippen LogP contribution in [-0.4, -0.2) is 71.5 Å². The molecule has 0 aliphatic rings. The molecule has 0 radical (unpaired) electrons. The highest BCUT2D eigenvalue weighted by atomic mass is 32.2. The van der Waals surface area contributed by atoms with Crippen molar-refractivity contribution in [3.05, 3.63) is 18.2 Å². The molecule has 1 aromatic rings. The van der Waals surface area contributed by atoms with Gasteiger partial charge >= 0.3 is 6.18 Å². The molecule has 12 heteroatoms. The number of aliphatic hydroxyl groups is 2. The number of hydrogen-bond donors (Lipinski definition) is 2. The number of rotatable bonds is 8. The Kier molecular flexibility index (Phi) is 7.07. The minimum absolute atomic E-state index is 0.184. The summed E-state index contributed by atoms with van der Waals surface area (Å²) in [5.41, 5.74) is -0.184. The Morgan fingerprint density at radius 2 is 1.69 bits per heavy atom. The van der Waals surface area contributed by atoms with Crippen molar-refractivity contribution in [1.82, 2.24) is 0 Å². The van der Waals surface area contributed by atoms with Crippen LogP contribution < -0.4 is 4.90 Å². The maximum atomic E-state index is 12.6. The lowest BCUT2D eigenvalue weighted by atomic mass is 10.2. The highest BCUT2D eigenvalue weighted by Crippen LogP contribution is 2.30. The van der Waals surface area contributed by atoms with Gasteiger partial charge in [0.2, 0.25) is 0 Å². The molecule has 1 atom stereocenters. The average Bonchev–Trinajstić information content (AvgIpc) is 2.47. The van der Waals surface area contributed by atoms with Gasteiger partial charge < -0.3 is 15.1 Å². The van der Waals surface area contributed by atoms with E-state index in [9.17, 15) is 35.1 Å². The van der Waals surface area contributed by atoms with Gasteiger partial charge in [-0.3, -0.25) is 0 Å². The molecule has 0 heterocycles. The molecule has 1 aromatic carbocycles. The summed E-state index contributed by atoms with van der Waals surface area (Å²) < 4.78 is 85.1.